The number of methoxy groups -OCH3 is 1. The second-order valence-corrected chi connectivity index (χ2v) is 6.48. The van der Waals surface area contributed by atoms with Gasteiger partial charge in [-0.2, -0.15) is 5.10 Å². The van der Waals surface area contributed by atoms with E-state index in [4.69, 9.17) is 4.74 Å². The number of hydrogen-bond acceptors (Lipinski definition) is 4. The summed E-state index contributed by atoms with van der Waals surface area (Å²) in [5.41, 5.74) is 3.49. The molecule has 0 unspecified atom stereocenters. The van der Waals surface area contributed by atoms with Crippen LogP contribution in [0.4, 0.5) is 0 Å². The van der Waals surface area contributed by atoms with Gasteiger partial charge in [-0.05, 0) is 44.3 Å². The summed E-state index contributed by atoms with van der Waals surface area (Å²) in [6, 6.07) is 6.26. The highest BCUT2D eigenvalue weighted by molar-refractivity contribution is 5.59. The van der Waals surface area contributed by atoms with Gasteiger partial charge in [-0.1, -0.05) is 0 Å². The van der Waals surface area contributed by atoms with Crippen molar-refractivity contribution in [2.75, 3.05) is 21.2 Å². The molecule has 0 radical (unpaired) electrons. The van der Waals surface area contributed by atoms with Crippen LogP contribution >= 0.6 is 0 Å². The summed E-state index contributed by atoms with van der Waals surface area (Å²) in [5.74, 6) is 1.89. The van der Waals surface area contributed by atoms with Crippen molar-refractivity contribution in [2.24, 2.45) is 7.05 Å². The first-order valence-corrected chi connectivity index (χ1v) is 8.37. The van der Waals surface area contributed by atoms with E-state index in [-0.39, 0.29) is 0 Å². The van der Waals surface area contributed by atoms with Gasteiger partial charge < -0.3 is 14.2 Å². The number of benzene rings is 1. The number of aryl methyl sites for hydroxylation is 3. The topological polar surface area (TPSA) is 48.1 Å². The molecule has 1 aromatic carbocycles. The molecular formula is C19H25N5O. The Labute approximate surface area is 148 Å². The van der Waals surface area contributed by atoms with Crippen LogP contribution in [0, 0.1) is 0 Å². The van der Waals surface area contributed by atoms with E-state index in [9.17, 15) is 0 Å². The Morgan fingerprint density at radius 2 is 2.08 bits per heavy atom. The van der Waals surface area contributed by atoms with Gasteiger partial charge in [-0.25, -0.2) is 4.98 Å². The second kappa shape index (κ2) is 7.53. The first-order valence-electron chi connectivity index (χ1n) is 8.37. The van der Waals surface area contributed by atoms with Crippen molar-refractivity contribution < 1.29 is 4.74 Å². The molecule has 0 saturated heterocycles. The minimum Gasteiger partial charge on any atom is -0.496 e. The lowest BCUT2D eigenvalue weighted by molar-refractivity contribution is 0.372. The molecule has 2 heterocycles. The van der Waals surface area contributed by atoms with Crippen LogP contribution in [0.5, 0.6) is 5.75 Å². The fraction of sp³-hybridized carbons (Fsp3) is 0.368. The Morgan fingerprint density at radius 3 is 2.76 bits per heavy atom. The zero-order valence-electron chi connectivity index (χ0n) is 15.3. The van der Waals surface area contributed by atoms with E-state index in [0.717, 1.165) is 42.2 Å². The molecule has 0 N–H and O–H groups in total. The molecule has 0 bridgehead atoms. The smallest absolute Gasteiger partial charge is 0.139 e. The molecule has 6 heteroatoms. The predicted molar refractivity (Wildman–Crippen MR) is 98.5 cm³/mol. The molecule has 0 fully saturated rings. The molecule has 3 rings (SSSR count). The van der Waals surface area contributed by atoms with Crippen molar-refractivity contribution in [3.63, 3.8) is 0 Å². The second-order valence-electron chi connectivity index (χ2n) is 6.48. The Bertz CT molecular complexity index is 834. The lowest BCUT2D eigenvalue weighted by Gasteiger charge is -2.15. The summed E-state index contributed by atoms with van der Waals surface area (Å²) >= 11 is 0. The van der Waals surface area contributed by atoms with Crippen LogP contribution in [0.15, 0.2) is 43.0 Å². The number of nitrogens with zero attached hydrogens (tertiary/aromatic N) is 5. The van der Waals surface area contributed by atoms with Crippen molar-refractivity contribution in [2.45, 2.75) is 19.5 Å². The Hall–Kier alpha value is -2.60. The molecule has 0 atom stereocenters. The number of hydrogen-bond donors (Lipinski definition) is 0. The van der Waals surface area contributed by atoms with Crippen LogP contribution < -0.4 is 4.74 Å². The summed E-state index contributed by atoms with van der Waals surface area (Å²) < 4.78 is 9.52. The third-order valence-corrected chi connectivity index (χ3v) is 4.14. The predicted octanol–water partition coefficient (Wildman–Crippen LogP) is 2.60. The number of ether oxygens (including phenoxy) is 1. The molecule has 0 aliphatic rings. The first kappa shape index (κ1) is 17.2. The molecule has 0 amide bonds. The van der Waals surface area contributed by atoms with Crippen LogP contribution in [0.1, 0.15) is 11.1 Å². The molecule has 0 aliphatic heterocycles. The largest absolute Gasteiger partial charge is 0.496 e. The van der Waals surface area contributed by atoms with E-state index >= 15 is 0 Å². The van der Waals surface area contributed by atoms with E-state index in [0.29, 0.717) is 0 Å². The fourth-order valence-corrected chi connectivity index (χ4v) is 2.98. The third kappa shape index (κ3) is 4.09. The van der Waals surface area contributed by atoms with Crippen molar-refractivity contribution in [3.05, 3.63) is 54.1 Å². The first-order chi connectivity index (χ1) is 12.1. The van der Waals surface area contributed by atoms with Gasteiger partial charge in [0.25, 0.3) is 0 Å². The fourth-order valence-electron chi connectivity index (χ4n) is 2.98. The normalized spacial score (nSPS) is 11.2. The van der Waals surface area contributed by atoms with E-state index in [1.807, 2.05) is 36.4 Å². The highest BCUT2D eigenvalue weighted by Gasteiger charge is 2.11. The van der Waals surface area contributed by atoms with Gasteiger partial charge >= 0.3 is 0 Å². The molecule has 2 aromatic heterocycles. The Kier molecular flexibility index (Phi) is 5.19. The van der Waals surface area contributed by atoms with Gasteiger partial charge in [0, 0.05) is 49.9 Å². The van der Waals surface area contributed by atoms with Gasteiger partial charge in [0.1, 0.15) is 11.6 Å². The van der Waals surface area contributed by atoms with E-state index in [1.165, 1.54) is 5.56 Å². The lowest BCUT2D eigenvalue weighted by Crippen LogP contribution is -2.12. The average molecular weight is 339 g/mol. The van der Waals surface area contributed by atoms with Gasteiger partial charge in [-0.3, -0.25) is 4.68 Å². The number of rotatable bonds is 7. The Morgan fingerprint density at radius 1 is 1.24 bits per heavy atom. The van der Waals surface area contributed by atoms with Crippen LogP contribution in [-0.2, 0) is 26.6 Å². The maximum Gasteiger partial charge on any atom is 0.139 e. The van der Waals surface area contributed by atoms with Gasteiger partial charge in [-0.15, -0.1) is 0 Å². The van der Waals surface area contributed by atoms with E-state index in [1.54, 1.807) is 7.11 Å². The maximum atomic E-state index is 5.49. The summed E-state index contributed by atoms with van der Waals surface area (Å²) in [5, 5.41) is 4.23. The summed E-state index contributed by atoms with van der Waals surface area (Å²) in [7, 11) is 7.76. The van der Waals surface area contributed by atoms with Crippen molar-refractivity contribution >= 4 is 0 Å². The minimum absolute atomic E-state index is 0.827. The van der Waals surface area contributed by atoms with Gasteiger partial charge in [0.05, 0.1) is 13.3 Å². The summed E-state index contributed by atoms with van der Waals surface area (Å²) in [4.78, 5) is 6.70. The quantitative estimate of drug-likeness (QED) is 0.664. The minimum atomic E-state index is 0.827. The average Bonchev–Trinajstić information content (AvgIpc) is 3.21. The number of aromatic nitrogens is 4. The van der Waals surface area contributed by atoms with Crippen LogP contribution in [-0.4, -0.2) is 45.4 Å². The van der Waals surface area contributed by atoms with Crippen molar-refractivity contribution in [1.29, 1.82) is 0 Å². The van der Waals surface area contributed by atoms with Crippen LogP contribution in [0.3, 0.4) is 0 Å². The molecule has 0 aliphatic carbocycles. The molecular weight excluding hydrogens is 314 g/mol. The van der Waals surface area contributed by atoms with Crippen LogP contribution in [0.25, 0.3) is 11.4 Å². The molecule has 0 saturated carbocycles. The van der Waals surface area contributed by atoms with E-state index < -0.39 is 0 Å². The van der Waals surface area contributed by atoms with Crippen molar-refractivity contribution in [1.82, 2.24) is 24.2 Å². The molecule has 25 heavy (non-hydrogen) atoms. The lowest BCUT2D eigenvalue weighted by atomic mass is 10.1. The standard InChI is InChI=1S/C19H25N5O/c1-22(2)14-17-11-16(5-6-18(17)25-4)19-20-8-10-24(19)9-7-15-12-21-23(3)13-15/h5-6,8,10-13H,7,9,14H2,1-4H3. The van der Waals surface area contributed by atoms with Gasteiger partial charge in [0.15, 0.2) is 0 Å². The van der Waals surface area contributed by atoms with Crippen LogP contribution in [0.2, 0.25) is 0 Å². The monoisotopic (exact) mass is 339 g/mol. The number of imidazole rings is 1. The highest BCUT2D eigenvalue weighted by Crippen LogP contribution is 2.26. The SMILES string of the molecule is COc1ccc(-c2nccn2CCc2cnn(C)c2)cc1CN(C)C. The molecule has 6 nitrogen and oxygen atoms in total. The summed E-state index contributed by atoms with van der Waals surface area (Å²) in [6.07, 6.45) is 8.78. The van der Waals surface area contributed by atoms with E-state index in [2.05, 4.69) is 52.0 Å². The molecule has 0 spiro atoms. The maximum absolute atomic E-state index is 5.49. The molecule has 132 valence electrons. The zero-order chi connectivity index (χ0) is 17.8. The Balaban J connectivity index is 1.83. The molecule has 3 aromatic rings. The third-order valence-electron chi connectivity index (χ3n) is 4.14. The summed E-state index contributed by atoms with van der Waals surface area (Å²) in [6.45, 7) is 1.70. The van der Waals surface area contributed by atoms with Gasteiger partial charge in [0.2, 0.25) is 0 Å². The highest BCUT2D eigenvalue weighted by atomic mass is 16.5. The van der Waals surface area contributed by atoms with Crippen molar-refractivity contribution in [3.8, 4) is 17.1 Å². The zero-order valence-corrected chi connectivity index (χ0v) is 15.3.